The van der Waals surface area contributed by atoms with Crippen LogP contribution >= 0.6 is 0 Å². The zero-order chi connectivity index (χ0) is 10.1. The molecule has 0 bridgehead atoms. The fourth-order valence-corrected chi connectivity index (χ4v) is 1.53. The molecular weight excluding hydrogens is 188 g/mol. The molecule has 0 saturated carbocycles. The maximum absolute atomic E-state index is 10.7. The van der Waals surface area contributed by atoms with Crippen LogP contribution in [0.15, 0.2) is 5.29 Å². The van der Waals surface area contributed by atoms with Gasteiger partial charge in [-0.1, -0.05) is 0 Å². The molecule has 0 radical (unpaired) electrons. The molecule has 0 aromatic carbocycles. The van der Waals surface area contributed by atoms with Gasteiger partial charge < -0.3 is 5.11 Å². The van der Waals surface area contributed by atoms with Gasteiger partial charge in [0.05, 0.1) is 11.8 Å². The van der Waals surface area contributed by atoms with Gasteiger partial charge in [-0.15, -0.1) is 4.91 Å². The molecule has 1 aromatic heterocycles. The lowest BCUT2D eigenvalue weighted by molar-refractivity contribution is 0.0687. The van der Waals surface area contributed by atoms with E-state index in [1.165, 1.54) is 5.01 Å². The molecule has 0 aliphatic carbocycles. The normalized spacial score (nSPS) is 15.0. The van der Waals surface area contributed by atoms with E-state index in [2.05, 4.69) is 15.5 Å². The number of nitroso groups, excluding NO2 is 1. The average molecular weight is 196 g/mol. The number of aromatic nitrogens is 2. The van der Waals surface area contributed by atoms with Crippen LogP contribution in [0.3, 0.4) is 0 Å². The Morgan fingerprint density at radius 3 is 3.07 bits per heavy atom. The molecule has 0 spiro atoms. The second kappa shape index (κ2) is 3.09. The SMILES string of the molecule is O=NN1CCc2[nH]nc(C(=O)O)c2C1. The van der Waals surface area contributed by atoms with Crippen molar-refractivity contribution in [2.75, 3.05) is 6.54 Å². The van der Waals surface area contributed by atoms with Crippen LogP contribution < -0.4 is 0 Å². The number of rotatable bonds is 2. The van der Waals surface area contributed by atoms with Crippen LogP contribution in [0.2, 0.25) is 0 Å². The number of carbonyl (C=O) groups is 1. The van der Waals surface area contributed by atoms with Gasteiger partial charge in [-0.25, -0.2) is 4.79 Å². The Kier molecular flexibility index (Phi) is 1.91. The van der Waals surface area contributed by atoms with Crippen molar-refractivity contribution < 1.29 is 9.90 Å². The molecule has 0 saturated heterocycles. The largest absolute Gasteiger partial charge is 0.476 e. The topological polar surface area (TPSA) is 98.7 Å². The van der Waals surface area contributed by atoms with E-state index in [1.54, 1.807) is 0 Å². The van der Waals surface area contributed by atoms with E-state index >= 15 is 0 Å². The summed E-state index contributed by atoms with van der Waals surface area (Å²) in [6.07, 6.45) is 0.571. The molecule has 0 fully saturated rings. The van der Waals surface area contributed by atoms with Crippen molar-refractivity contribution in [2.24, 2.45) is 5.29 Å². The van der Waals surface area contributed by atoms with E-state index in [0.29, 0.717) is 18.5 Å². The zero-order valence-corrected chi connectivity index (χ0v) is 7.23. The number of nitrogens with zero attached hydrogens (tertiary/aromatic N) is 3. The van der Waals surface area contributed by atoms with Crippen LogP contribution in [0.25, 0.3) is 0 Å². The quantitative estimate of drug-likeness (QED) is 0.656. The Hall–Kier alpha value is -1.92. The molecule has 7 heteroatoms. The molecule has 7 nitrogen and oxygen atoms in total. The number of hydrogen-bond acceptors (Lipinski definition) is 4. The van der Waals surface area contributed by atoms with Gasteiger partial charge in [0.2, 0.25) is 0 Å². The lowest BCUT2D eigenvalue weighted by Gasteiger charge is -2.20. The number of carboxylic acids is 1. The van der Waals surface area contributed by atoms with Gasteiger partial charge in [-0.2, -0.15) is 5.10 Å². The highest BCUT2D eigenvalue weighted by atomic mass is 16.4. The second-order valence-electron chi connectivity index (χ2n) is 3.05. The van der Waals surface area contributed by atoms with Gasteiger partial charge in [-0.05, 0) is 0 Å². The third-order valence-electron chi connectivity index (χ3n) is 2.23. The number of hydrogen-bond donors (Lipinski definition) is 2. The highest BCUT2D eigenvalue weighted by Gasteiger charge is 2.24. The van der Waals surface area contributed by atoms with Crippen molar-refractivity contribution in [3.63, 3.8) is 0 Å². The smallest absolute Gasteiger partial charge is 0.356 e. The molecule has 0 amide bonds. The van der Waals surface area contributed by atoms with Gasteiger partial charge in [0, 0.05) is 24.2 Å². The summed E-state index contributed by atoms with van der Waals surface area (Å²) in [5.74, 6) is -1.09. The summed E-state index contributed by atoms with van der Waals surface area (Å²) >= 11 is 0. The number of aromatic amines is 1. The predicted molar refractivity (Wildman–Crippen MR) is 45.5 cm³/mol. The third kappa shape index (κ3) is 1.22. The van der Waals surface area contributed by atoms with Crippen LogP contribution in [-0.2, 0) is 13.0 Å². The average Bonchev–Trinajstić information content (AvgIpc) is 2.59. The fraction of sp³-hybridized carbons (Fsp3) is 0.429. The molecule has 1 aromatic rings. The highest BCUT2D eigenvalue weighted by Crippen LogP contribution is 2.20. The molecule has 2 heterocycles. The minimum Gasteiger partial charge on any atom is -0.476 e. The molecule has 0 atom stereocenters. The number of carboxylic acid groups (broad SMARTS) is 1. The molecule has 14 heavy (non-hydrogen) atoms. The van der Waals surface area contributed by atoms with E-state index in [-0.39, 0.29) is 12.2 Å². The maximum Gasteiger partial charge on any atom is 0.356 e. The number of nitrogens with one attached hydrogen (secondary N) is 1. The van der Waals surface area contributed by atoms with Crippen molar-refractivity contribution >= 4 is 5.97 Å². The minimum absolute atomic E-state index is 0.0200. The molecule has 2 rings (SSSR count). The Morgan fingerprint density at radius 1 is 1.64 bits per heavy atom. The summed E-state index contributed by atoms with van der Waals surface area (Å²) in [7, 11) is 0. The lowest BCUT2D eigenvalue weighted by atomic mass is 10.1. The van der Waals surface area contributed by atoms with Crippen LogP contribution in [0.5, 0.6) is 0 Å². The summed E-state index contributed by atoms with van der Waals surface area (Å²) in [6, 6.07) is 0. The van der Waals surface area contributed by atoms with Crippen LogP contribution in [-0.4, -0.2) is 32.8 Å². The van der Waals surface area contributed by atoms with Gasteiger partial charge in [0.15, 0.2) is 5.69 Å². The minimum atomic E-state index is -1.09. The first kappa shape index (κ1) is 8.67. The monoisotopic (exact) mass is 196 g/mol. The van der Waals surface area contributed by atoms with Crippen molar-refractivity contribution in [1.82, 2.24) is 15.2 Å². The molecule has 1 aliphatic heterocycles. The third-order valence-corrected chi connectivity index (χ3v) is 2.23. The molecule has 74 valence electrons. The number of fused-ring (bicyclic) bond motifs is 1. The Bertz CT molecular complexity index is 386. The molecule has 1 aliphatic rings. The van der Waals surface area contributed by atoms with Crippen LogP contribution in [0.1, 0.15) is 21.7 Å². The van der Waals surface area contributed by atoms with Crippen LogP contribution in [0.4, 0.5) is 0 Å². The summed E-state index contributed by atoms with van der Waals surface area (Å²) in [5, 5.41) is 19.2. The van der Waals surface area contributed by atoms with Crippen molar-refractivity contribution in [1.29, 1.82) is 0 Å². The molecular formula is C7H8N4O3. The Morgan fingerprint density at radius 2 is 2.43 bits per heavy atom. The van der Waals surface area contributed by atoms with Gasteiger partial charge in [-0.3, -0.25) is 10.1 Å². The van der Waals surface area contributed by atoms with Gasteiger partial charge in [0.25, 0.3) is 0 Å². The summed E-state index contributed by atoms with van der Waals surface area (Å²) < 4.78 is 0. The highest BCUT2D eigenvalue weighted by molar-refractivity contribution is 5.87. The summed E-state index contributed by atoms with van der Waals surface area (Å²) in [6.45, 7) is 0.717. The fourth-order valence-electron chi connectivity index (χ4n) is 1.53. The van der Waals surface area contributed by atoms with Crippen molar-refractivity contribution in [3.8, 4) is 0 Å². The first-order valence-electron chi connectivity index (χ1n) is 4.10. The van der Waals surface area contributed by atoms with E-state index in [4.69, 9.17) is 5.11 Å². The molecule has 0 unspecified atom stereocenters. The standard InChI is InChI=1S/C7H8N4O3/c12-7(13)6-4-3-11(10-14)2-1-5(4)8-9-6/h1-3H2,(H,8,9)(H,12,13). The number of H-pyrrole nitrogens is 1. The summed E-state index contributed by atoms with van der Waals surface area (Å²) in [5.41, 5.74) is 1.32. The number of aromatic carboxylic acids is 1. The van der Waals surface area contributed by atoms with Crippen LogP contribution in [0, 0.1) is 4.91 Å². The maximum atomic E-state index is 10.7. The van der Waals surface area contributed by atoms with E-state index in [1.807, 2.05) is 0 Å². The predicted octanol–water partition coefficient (Wildman–Crippen LogP) is 0.147. The first-order chi connectivity index (χ1) is 6.72. The van der Waals surface area contributed by atoms with E-state index in [0.717, 1.165) is 5.69 Å². The van der Waals surface area contributed by atoms with E-state index < -0.39 is 5.97 Å². The Labute approximate surface area is 78.7 Å². The second-order valence-corrected chi connectivity index (χ2v) is 3.05. The van der Waals surface area contributed by atoms with Gasteiger partial charge in [0.1, 0.15) is 0 Å². The van der Waals surface area contributed by atoms with Gasteiger partial charge >= 0.3 is 5.97 Å². The first-order valence-corrected chi connectivity index (χ1v) is 4.10. The molecule has 2 N–H and O–H groups in total. The lowest BCUT2D eigenvalue weighted by Crippen LogP contribution is -2.26. The Balaban J connectivity index is 2.37. The van der Waals surface area contributed by atoms with E-state index in [9.17, 15) is 9.70 Å². The summed E-state index contributed by atoms with van der Waals surface area (Å²) in [4.78, 5) is 21.0. The van der Waals surface area contributed by atoms with Crippen molar-refractivity contribution in [3.05, 3.63) is 21.9 Å². The zero-order valence-electron chi connectivity index (χ0n) is 7.23. The van der Waals surface area contributed by atoms with Crippen molar-refractivity contribution in [2.45, 2.75) is 13.0 Å².